The van der Waals surface area contributed by atoms with Gasteiger partial charge >= 0.3 is 6.18 Å². The Balaban J connectivity index is 1.88. The van der Waals surface area contributed by atoms with Gasteiger partial charge in [0.1, 0.15) is 17.7 Å². The summed E-state index contributed by atoms with van der Waals surface area (Å²) < 4.78 is 51.0. The van der Waals surface area contributed by atoms with Gasteiger partial charge in [0.15, 0.2) is 5.84 Å². The molecule has 0 aliphatic carbocycles. The molecule has 2 heterocycles. The van der Waals surface area contributed by atoms with Crippen molar-refractivity contribution < 1.29 is 22.7 Å². The van der Waals surface area contributed by atoms with Crippen LogP contribution in [-0.4, -0.2) is 27.1 Å². The van der Waals surface area contributed by atoms with E-state index in [0.29, 0.717) is 5.56 Å². The van der Waals surface area contributed by atoms with E-state index in [2.05, 4.69) is 9.98 Å². The van der Waals surface area contributed by atoms with Crippen LogP contribution in [0.5, 0.6) is 0 Å². The van der Waals surface area contributed by atoms with Crippen LogP contribution in [0.25, 0.3) is 0 Å². The number of nitrogens with zero attached hydrogens (tertiary/aromatic N) is 3. The van der Waals surface area contributed by atoms with Crippen molar-refractivity contribution in [3.05, 3.63) is 77.5 Å². The minimum Gasteiger partial charge on any atom is -0.370 e. The third kappa shape index (κ3) is 3.85. The zero-order valence-corrected chi connectivity index (χ0v) is 12.8. The third-order valence-corrected chi connectivity index (χ3v) is 3.63. The number of pyridine rings is 1. The number of hydrogen-bond acceptors (Lipinski definition) is 4. The Morgan fingerprint density at radius 1 is 1.08 bits per heavy atom. The fourth-order valence-corrected chi connectivity index (χ4v) is 2.36. The van der Waals surface area contributed by atoms with E-state index in [-0.39, 0.29) is 23.9 Å². The SMILES string of the molecule is OC1C=CN=C(c2ccc(C(F)(F)F)cn2)N1Cc1ccc(F)cc1. The molecule has 8 heteroatoms. The molecule has 4 nitrogen and oxygen atoms in total. The summed E-state index contributed by atoms with van der Waals surface area (Å²) in [7, 11) is 0. The zero-order chi connectivity index (χ0) is 18.0. The first-order valence-electron chi connectivity index (χ1n) is 7.32. The van der Waals surface area contributed by atoms with Crippen LogP contribution >= 0.6 is 0 Å². The number of aliphatic hydroxyl groups excluding tert-OH is 1. The van der Waals surface area contributed by atoms with Gasteiger partial charge in [0.25, 0.3) is 0 Å². The van der Waals surface area contributed by atoms with Gasteiger partial charge in [-0.1, -0.05) is 12.1 Å². The molecular formula is C17H13F4N3O. The zero-order valence-electron chi connectivity index (χ0n) is 12.8. The van der Waals surface area contributed by atoms with E-state index in [1.165, 1.54) is 35.4 Å². The highest BCUT2D eigenvalue weighted by Gasteiger charge is 2.31. The first kappa shape index (κ1) is 17.1. The van der Waals surface area contributed by atoms with Gasteiger partial charge < -0.3 is 10.0 Å². The van der Waals surface area contributed by atoms with Gasteiger partial charge in [-0.25, -0.2) is 9.38 Å². The van der Waals surface area contributed by atoms with Gasteiger partial charge in [0.05, 0.1) is 5.56 Å². The van der Waals surface area contributed by atoms with Crippen molar-refractivity contribution in [1.29, 1.82) is 0 Å². The van der Waals surface area contributed by atoms with Gasteiger partial charge in [-0.2, -0.15) is 13.2 Å². The standard InChI is InChI=1S/C17H13F4N3O/c18-13-4-1-11(2-5-13)10-24-15(25)7-8-22-16(24)14-6-3-12(9-23-14)17(19,20)21/h1-9,15,25H,10H2. The number of hydrogen-bond donors (Lipinski definition) is 1. The smallest absolute Gasteiger partial charge is 0.370 e. The largest absolute Gasteiger partial charge is 0.417 e. The lowest BCUT2D eigenvalue weighted by atomic mass is 10.1. The third-order valence-electron chi connectivity index (χ3n) is 3.63. The number of rotatable bonds is 3. The second-order valence-corrected chi connectivity index (χ2v) is 5.39. The van der Waals surface area contributed by atoms with Crippen molar-refractivity contribution in [3.63, 3.8) is 0 Å². The van der Waals surface area contributed by atoms with E-state index in [9.17, 15) is 22.7 Å². The summed E-state index contributed by atoms with van der Waals surface area (Å²) in [6.45, 7) is 0.188. The molecule has 0 amide bonds. The highest BCUT2D eigenvalue weighted by molar-refractivity contribution is 5.98. The molecule has 0 saturated heterocycles. The molecular weight excluding hydrogens is 338 g/mol. The highest BCUT2D eigenvalue weighted by Crippen LogP contribution is 2.28. The summed E-state index contributed by atoms with van der Waals surface area (Å²) in [5.74, 6) is -0.158. The average molecular weight is 351 g/mol. The van der Waals surface area contributed by atoms with Gasteiger partial charge in [-0.15, -0.1) is 0 Å². The molecule has 0 spiro atoms. The number of halogens is 4. The van der Waals surface area contributed by atoms with Crippen LogP contribution in [0.1, 0.15) is 16.8 Å². The maximum absolute atomic E-state index is 13.0. The number of aromatic nitrogens is 1. The van der Waals surface area contributed by atoms with Crippen molar-refractivity contribution in [2.45, 2.75) is 18.9 Å². The number of benzene rings is 1. The summed E-state index contributed by atoms with van der Waals surface area (Å²) in [6, 6.07) is 7.79. The molecule has 3 rings (SSSR count). The molecule has 25 heavy (non-hydrogen) atoms. The summed E-state index contributed by atoms with van der Waals surface area (Å²) in [5.41, 5.74) is 0.0303. The van der Waals surface area contributed by atoms with Crippen molar-refractivity contribution in [1.82, 2.24) is 9.88 Å². The van der Waals surface area contributed by atoms with E-state index < -0.39 is 18.0 Å². The second-order valence-electron chi connectivity index (χ2n) is 5.39. The molecule has 1 unspecified atom stereocenters. The van der Waals surface area contributed by atoms with Crippen molar-refractivity contribution in [2.75, 3.05) is 0 Å². The molecule has 1 aromatic heterocycles. The Labute approximate surface area is 140 Å². The van der Waals surface area contributed by atoms with E-state index in [1.54, 1.807) is 12.1 Å². The van der Waals surface area contributed by atoms with Gasteiger partial charge in [-0.3, -0.25) is 4.98 Å². The molecule has 1 N–H and O–H groups in total. The Morgan fingerprint density at radius 2 is 1.80 bits per heavy atom. The van der Waals surface area contributed by atoms with E-state index >= 15 is 0 Å². The lowest BCUT2D eigenvalue weighted by Crippen LogP contribution is -2.41. The first-order valence-corrected chi connectivity index (χ1v) is 7.32. The molecule has 1 aromatic carbocycles. The number of amidine groups is 1. The highest BCUT2D eigenvalue weighted by atomic mass is 19.4. The summed E-state index contributed by atoms with van der Waals surface area (Å²) in [5, 5.41) is 10.2. The van der Waals surface area contributed by atoms with Crippen LogP contribution in [0.4, 0.5) is 17.6 Å². The van der Waals surface area contributed by atoms with Gasteiger partial charge in [0.2, 0.25) is 0 Å². The quantitative estimate of drug-likeness (QED) is 0.863. The van der Waals surface area contributed by atoms with Gasteiger partial charge in [0, 0.05) is 18.9 Å². The molecule has 1 atom stereocenters. The van der Waals surface area contributed by atoms with Crippen LogP contribution in [-0.2, 0) is 12.7 Å². The molecule has 1 aliphatic heterocycles. The van der Waals surface area contributed by atoms with Crippen LogP contribution < -0.4 is 0 Å². The van der Waals surface area contributed by atoms with Gasteiger partial charge in [-0.05, 0) is 35.9 Å². The van der Waals surface area contributed by atoms with E-state index in [4.69, 9.17) is 0 Å². The average Bonchev–Trinajstić information content (AvgIpc) is 2.58. The van der Waals surface area contributed by atoms with Crippen molar-refractivity contribution >= 4 is 5.84 Å². The number of aliphatic hydroxyl groups is 1. The lowest BCUT2D eigenvalue weighted by molar-refractivity contribution is -0.137. The Hall–Kier alpha value is -2.74. The molecule has 0 bridgehead atoms. The number of aliphatic imine (C=N–C) groups is 1. The molecule has 1 aliphatic rings. The lowest BCUT2D eigenvalue weighted by Gasteiger charge is -2.31. The van der Waals surface area contributed by atoms with Crippen LogP contribution in [0.3, 0.4) is 0 Å². The Bertz CT molecular complexity index is 798. The fourth-order valence-electron chi connectivity index (χ4n) is 2.36. The maximum Gasteiger partial charge on any atom is 0.417 e. The maximum atomic E-state index is 13.0. The summed E-state index contributed by atoms with van der Waals surface area (Å²) in [4.78, 5) is 9.39. The van der Waals surface area contributed by atoms with Crippen LogP contribution in [0.2, 0.25) is 0 Å². The number of alkyl halides is 3. The minimum absolute atomic E-state index is 0.188. The molecule has 0 saturated carbocycles. The summed E-state index contributed by atoms with van der Waals surface area (Å²) >= 11 is 0. The van der Waals surface area contributed by atoms with Crippen LogP contribution in [0.15, 0.2) is 59.9 Å². The van der Waals surface area contributed by atoms with E-state index in [0.717, 1.165) is 12.3 Å². The normalized spacial score (nSPS) is 17.6. The molecule has 130 valence electrons. The molecule has 0 fully saturated rings. The molecule has 0 radical (unpaired) electrons. The Morgan fingerprint density at radius 3 is 2.40 bits per heavy atom. The predicted molar refractivity (Wildman–Crippen MR) is 82.9 cm³/mol. The van der Waals surface area contributed by atoms with Crippen molar-refractivity contribution in [3.8, 4) is 0 Å². The monoisotopic (exact) mass is 351 g/mol. The topological polar surface area (TPSA) is 48.7 Å². The molecule has 2 aromatic rings. The first-order chi connectivity index (χ1) is 11.8. The van der Waals surface area contributed by atoms with Crippen LogP contribution in [0, 0.1) is 5.82 Å². The summed E-state index contributed by atoms with van der Waals surface area (Å²) in [6.07, 6.45) is -2.00. The fraction of sp³-hybridized carbons (Fsp3) is 0.176. The van der Waals surface area contributed by atoms with Crippen molar-refractivity contribution in [2.24, 2.45) is 4.99 Å². The minimum atomic E-state index is -4.48. The predicted octanol–water partition coefficient (Wildman–Crippen LogP) is 3.33. The Kier molecular flexibility index (Phi) is 4.54. The second kappa shape index (κ2) is 6.64. The van der Waals surface area contributed by atoms with E-state index in [1.807, 2.05) is 0 Å².